The van der Waals surface area contributed by atoms with Gasteiger partial charge in [-0.05, 0) is 26.8 Å². The van der Waals surface area contributed by atoms with Crippen LogP contribution in [0.5, 0.6) is 0 Å². The summed E-state index contributed by atoms with van der Waals surface area (Å²) < 4.78 is 40.3. The third-order valence-electron chi connectivity index (χ3n) is 2.61. The van der Waals surface area contributed by atoms with Gasteiger partial charge in [0.1, 0.15) is 0 Å². The Morgan fingerprint density at radius 2 is 1.94 bits per heavy atom. The van der Waals surface area contributed by atoms with Crippen molar-refractivity contribution in [3.05, 3.63) is 23.0 Å². The molecule has 0 aliphatic carbocycles. The van der Waals surface area contributed by atoms with E-state index in [0.717, 1.165) is 6.07 Å². The molecule has 0 aliphatic heterocycles. The van der Waals surface area contributed by atoms with Crippen LogP contribution in [0.4, 0.5) is 13.2 Å². The summed E-state index contributed by atoms with van der Waals surface area (Å²) in [5.41, 5.74) is 0.357. The zero-order valence-electron chi connectivity index (χ0n) is 9.76. The summed E-state index contributed by atoms with van der Waals surface area (Å²) in [6, 6.07) is 1.07. The van der Waals surface area contributed by atoms with E-state index in [0.29, 0.717) is 23.6 Å². The van der Waals surface area contributed by atoms with Crippen molar-refractivity contribution in [1.29, 1.82) is 0 Å². The molecule has 2 heterocycles. The Balaban J connectivity index is 2.89. The van der Waals surface area contributed by atoms with Gasteiger partial charge in [-0.1, -0.05) is 0 Å². The third kappa shape index (κ3) is 1.87. The summed E-state index contributed by atoms with van der Waals surface area (Å²) in [7, 11) is 0. The highest BCUT2D eigenvalue weighted by molar-refractivity contribution is 5.83. The minimum Gasteiger partial charge on any atom is -0.247 e. The Hall–Kier alpha value is -1.59. The largest absolute Gasteiger partial charge is 0.417 e. The molecule has 2 rings (SSSR count). The third-order valence-corrected chi connectivity index (χ3v) is 2.61. The predicted octanol–water partition coefficient (Wildman–Crippen LogP) is 3.09. The van der Waals surface area contributed by atoms with Crippen molar-refractivity contribution in [2.45, 2.75) is 33.5 Å². The van der Waals surface area contributed by atoms with Gasteiger partial charge in [0.25, 0.3) is 0 Å². The first-order valence-corrected chi connectivity index (χ1v) is 5.26. The summed E-state index contributed by atoms with van der Waals surface area (Å²) in [6.45, 7) is 5.44. The van der Waals surface area contributed by atoms with Crippen molar-refractivity contribution >= 4 is 11.0 Å². The van der Waals surface area contributed by atoms with Gasteiger partial charge in [-0.15, -0.1) is 0 Å². The molecule has 0 radical (unpaired) electrons. The smallest absolute Gasteiger partial charge is 0.247 e. The lowest BCUT2D eigenvalue weighted by Crippen LogP contribution is -2.08. The fourth-order valence-electron chi connectivity index (χ4n) is 1.92. The lowest BCUT2D eigenvalue weighted by atomic mass is 10.1. The zero-order chi connectivity index (χ0) is 12.8. The summed E-state index contributed by atoms with van der Waals surface area (Å²) in [4.78, 5) is 4.14. The van der Waals surface area contributed by atoms with Crippen LogP contribution in [0.15, 0.2) is 6.07 Å². The molecule has 0 aliphatic rings. The molecule has 0 fully saturated rings. The van der Waals surface area contributed by atoms with Crippen LogP contribution in [0.2, 0.25) is 0 Å². The number of pyridine rings is 1. The Morgan fingerprint density at radius 1 is 1.29 bits per heavy atom. The van der Waals surface area contributed by atoms with Gasteiger partial charge in [0.2, 0.25) is 0 Å². The molecular formula is C11H12F3N3. The van der Waals surface area contributed by atoms with E-state index in [1.807, 2.05) is 6.92 Å². The van der Waals surface area contributed by atoms with Gasteiger partial charge >= 0.3 is 6.18 Å². The Kier molecular flexibility index (Phi) is 2.60. The zero-order valence-corrected chi connectivity index (χ0v) is 9.76. The summed E-state index contributed by atoms with van der Waals surface area (Å²) in [5, 5.41) is 4.18. The minimum atomic E-state index is -4.38. The fourth-order valence-corrected chi connectivity index (χ4v) is 1.92. The summed E-state index contributed by atoms with van der Waals surface area (Å²) in [6.07, 6.45) is -4.38. The number of alkyl halides is 3. The quantitative estimate of drug-likeness (QED) is 0.770. The van der Waals surface area contributed by atoms with Crippen molar-refractivity contribution < 1.29 is 13.2 Å². The highest BCUT2D eigenvalue weighted by Crippen LogP contribution is 2.36. The minimum absolute atomic E-state index is 0.102. The topological polar surface area (TPSA) is 30.7 Å². The molecule has 0 aromatic carbocycles. The molecule has 0 N–H and O–H groups in total. The van der Waals surface area contributed by atoms with E-state index in [9.17, 15) is 13.2 Å². The van der Waals surface area contributed by atoms with Crippen molar-refractivity contribution in [3.63, 3.8) is 0 Å². The van der Waals surface area contributed by atoms with Crippen LogP contribution in [-0.4, -0.2) is 14.8 Å². The molecule has 0 bridgehead atoms. The Morgan fingerprint density at radius 3 is 2.47 bits per heavy atom. The number of hydrogen-bond acceptors (Lipinski definition) is 2. The average Bonchev–Trinajstić information content (AvgIpc) is 2.53. The number of aryl methyl sites for hydroxylation is 3. The number of hydrogen-bond donors (Lipinski definition) is 0. The van der Waals surface area contributed by atoms with E-state index in [-0.39, 0.29) is 5.39 Å². The molecule has 17 heavy (non-hydrogen) atoms. The SMILES string of the molecule is CCn1nc(C)c2c(C(F)(F)F)cc(C)nc21. The van der Waals surface area contributed by atoms with E-state index in [2.05, 4.69) is 10.1 Å². The summed E-state index contributed by atoms with van der Waals surface area (Å²) >= 11 is 0. The molecule has 92 valence electrons. The lowest BCUT2D eigenvalue weighted by Gasteiger charge is -2.09. The van der Waals surface area contributed by atoms with Crippen LogP contribution >= 0.6 is 0 Å². The number of fused-ring (bicyclic) bond motifs is 1. The standard InChI is InChI=1S/C11H12F3N3/c1-4-17-10-9(7(3)16-17)8(11(12,13)14)5-6(2)15-10/h5H,4H2,1-3H3. The van der Waals surface area contributed by atoms with Crippen molar-refractivity contribution in [2.75, 3.05) is 0 Å². The normalized spacial score (nSPS) is 12.4. The highest BCUT2D eigenvalue weighted by atomic mass is 19.4. The fraction of sp³-hybridized carbons (Fsp3) is 0.455. The number of aromatic nitrogens is 3. The highest BCUT2D eigenvalue weighted by Gasteiger charge is 2.35. The van der Waals surface area contributed by atoms with Crippen molar-refractivity contribution in [2.24, 2.45) is 0 Å². The molecule has 2 aromatic rings. The molecule has 0 atom stereocenters. The average molecular weight is 243 g/mol. The van der Waals surface area contributed by atoms with Crippen LogP contribution < -0.4 is 0 Å². The molecule has 6 heteroatoms. The van der Waals surface area contributed by atoms with Gasteiger partial charge in [0.15, 0.2) is 5.65 Å². The van der Waals surface area contributed by atoms with E-state index in [1.54, 1.807) is 13.8 Å². The van der Waals surface area contributed by atoms with E-state index in [1.165, 1.54) is 4.68 Å². The van der Waals surface area contributed by atoms with Crippen molar-refractivity contribution in [3.8, 4) is 0 Å². The number of halogens is 3. The van der Waals surface area contributed by atoms with Gasteiger partial charge in [-0.3, -0.25) is 0 Å². The first kappa shape index (κ1) is 11.9. The van der Waals surface area contributed by atoms with Crippen LogP contribution in [0.25, 0.3) is 11.0 Å². The monoisotopic (exact) mass is 243 g/mol. The van der Waals surface area contributed by atoms with Crippen LogP contribution in [0.3, 0.4) is 0 Å². The van der Waals surface area contributed by atoms with Gasteiger partial charge in [-0.2, -0.15) is 18.3 Å². The molecule has 0 amide bonds. The van der Waals surface area contributed by atoms with Gasteiger partial charge < -0.3 is 0 Å². The van der Waals surface area contributed by atoms with E-state index >= 15 is 0 Å². The number of rotatable bonds is 1. The Bertz CT molecular complexity index is 569. The maximum absolute atomic E-state index is 12.9. The number of nitrogens with zero attached hydrogens (tertiary/aromatic N) is 3. The summed E-state index contributed by atoms with van der Waals surface area (Å²) in [5.74, 6) is 0. The van der Waals surface area contributed by atoms with Gasteiger partial charge in [0, 0.05) is 12.2 Å². The van der Waals surface area contributed by atoms with Crippen LogP contribution in [0.1, 0.15) is 23.9 Å². The maximum atomic E-state index is 12.9. The molecule has 0 saturated heterocycles. The molecule has 2 aromatic heterocycles. The second kappa shape index (κ2) is 3.72. The molecule has 0 unspecified atom stereocenters. The first-order valence-electron chi connectivity index (χ1n) is 5.26. The van der Waals surface area contributed by atoms with Gasteiger partial charge in [0.05, 0.1) is 16.6 Å². The van der Waals surface area contributed by atoms with Crippen LogP contribution in [0, 0.1) is 13.8 Å². The molecule has 0 saturated carbocycles. The van der Waals surface area contributed by atoms with Gasteiger partial charge in [-0.25, -0.2) is 9.67 Å². The Labute approximate surface area is 96.3 Å². The van der Waals surface area contributed by atoms with E-state index in [4.69, 9.17) is 0 Å². The second-order valence-corrected chi connectivity index (χ2v) is 3.91. The van der Waals surface area contributed by atoms with E-state index < -0.39 is 11.7 Å². The molecule has 3 nitrogen and oxygen atoms in total. The second-order valence-electron chi connectivity index (χ2n) is 3.91. The molecule has 0 spiro atoms. The maximum Gasteiger partial charge on any atom is 0.417 e. The van der Waals surface area contributed by atoms with Crippen molar-refractivity contribution in [1.82, 2.24) is 14.8 Å². The lowest BCUT2D eigenvalue weighted by molar-refractivity contribution is -0.136. The van der Waals surface area contributed by atoms with Crippen LogP contribution in [-0.2, 0) is 12.7 Å². The predicted molar refractivity (Wildman–Crippen MR) is 57.7 cm³/mol. The first-order chi connectivity index (χ1) is 7.84. The molecular weight excluding hydrogens is 231 g/mol.